The maximum Gasteiger partial charge on any atom is 0.519 e. The predicted octanol–water partition coefficient (Wildman–Crippen LogP) is 8.80. The number of ether oxygens (including phenoxy) is 4. The largest absolute Gasteiger partial charge is 0.519 e. The first-order valence-corrected chi connectivity index (χ1v) is 14.4. The number of amides is 1. The molecule has 0 aliphatic heterocycles. The van der Waals surface area contributed by atoms with E-state index in [4.69, 9.17) is 19.9 Å². The smallest absolute Gasteiger partial charge is 0.444 e. The normalized spacial score (nSPS) is 11.0. The molecule has 0 saturated carbocycles. The Morgan fingerprint density at radius 3 is 1.46 bits per heavy atom. The van der Waals surface area contributed by atoms with Crippen molar-refractivity contribution in [2.75, 3.05) is 11.1 Å². The highest BCUT2D eigenvalue weighted by molar-refractivity contribution is 9.11. The Morgan fingerprint density at radius 2 is 1.09 bits per heavy atom. The molecule has 256 valence electrons. The summed E-state index contributed by atoms with van der Waals surface area (Å²) in [7, 11) is 0. The topological polar surface area (TPSA) is 212 Å². The summed E-state index contributed by atoms with van der Waals surface area (Å²) >= 11 is 5.97. The molecule has 0 aliphatic rings. The Hall–Kier alpha value is -4.13. The predicted molar refractivity (Wildman–Crippen MR) is 169 cm³/mol. The summed E-state index contributed by atoms with van der Waals surface area (Å²) in [5, 5.41) is 23.0. The first-order chi connectivity index (χ1) is 20.6. The molecule has 0 bridgehead atoms. The van der Waals surface area contributed by atoms with Crippen LogP contribution in [0.1, 0.15) is 62.3 Å². The minimum atomic E-state index is -1.06. The van der Waals surface area contributed by atoms with Gasteiger partial charge in [-0.15, -0.1) is 0 Å². The molecule has 3 N–H and O–H groups in total. The van der Waals surface area contributed by atoms with Gasteiger partial charge in [0.05, 0.1) is 15.5 Å². The van der Waals surface area contributed by atoms with Crippen LogP contribution < -0.4 is 11.1 Å². The second kappa shape index (κ2) is 17.0. The molecule has 19 heteroatoms. The number of rotatable bonds is 3. The third kappa shape index (κ3) is 17.4. The molecule has 0 atom stereocenters. The van der Waals surface area contributed by atoms with Gasteiger partial charge < -0.3 is 24.7 Å². The van der Waals surface area contributed by atoms with Crippen molar-refractivity contribution in [3.05, 3.63) is 65.1 Å². The summed E-state index contributed by atoms with van der Waals surface area (Å²) in [4.78, 5) is 52.6. The molecule has 46 heavy (non-hydrogen) atoms. The van der Waals surface area contributed by atoms with Crippen LogP contribution >= 0.6 is 31.9 Å². The number of nitrogens with two attached hydrogens (primary N) is 1. The molecule has 2 rings (SSSR count). The van der Waals surface area contributed by atoms with Gasteiger partial charge in [0, 0.05) is 38.9 Å². The molecule has 15 nitrogen and oxygen atoms in total. The maximum absolute atomic E-state index is 13.4. The van der Waals surface area contributed by atoms with Crippen molar-refractivity contribution in [1.29, 1.82) is 0 Å². The standard InChI is InChI=1S/C11H12BrFN2O4.C10H18O5.C6H4BrFN2O2/c1-11(2,3)19-10(16)14-8-5-7(13)9(15(17)18)4-6(8)12;1-9(2,3)14-7(11)13-8(12)15-10(4,5)6;7-3-1-6(10(11)12)4(8)2-5(3)9/h4-5H,1-3H3,(H,14,16);1-6H3;1-2H,9H2. The van der Waals surface area contributed by atoms with Crippen LogP contribution in [0.2, 0.25) is 0 Å². The summed E-state index contributed by atoms with van der Waals surface area (Å²) < 4.78 is 45.4. The average molecular weight is 788 g/mol. The van der Waals surface area contributed by atoms with E-state index in [2.05, 4.69) is 41.9 Å². The van der Waals surface area contributed by atoms with Crippen LogP contribution in [0.5, 0.6) is 0 Å². The first kappa shape index (κ1) is 41.9. The molecule has 2 aromatic carbocycles. The van der Waals surface area contributed by atoms with E-state index in [0.717, 1.165) is 24.3 Å². The Kier molecular flexibility index (Phi) is 15.4. The highest BCUT2D eigenvalue weighted by Crippen LogP contribution is 2.30. The van der Waals surface area contributed by atoms with E-state index in [-0.39, 0.29) is 15.8 Å². The van der Waals surface area contributed by atoms with Gasteiger partial charge >= 0.3 is 29.8 Å². The van der Waals surface area contributed by atoms with Crippen LogP contribution in [0, 0.1) is 31.9 Å². The molecular weight excluding hydrogens is 754 g/mol. The average Bonchev–Trinajstić information content (AvgIpc) is 2.80. The number of nitro groups is 2. The van der Waals surface area contributed by atoms with Crippen molar-refractivity contribution in [3.63, 3.8) is 0 Å². The molecule has 2 aromatic rings. The quantitative estimate of drug-likeness (QED) is 0.0746. The summed E-state index contributed by atoms with van der Waals surface area (Å²) in [5.74, 6) is -1.97. The van der Waals surface area contributed by atoms with Gasteiger partial charge in [0.15, 0.2) is 0 Å². The SMILES string of the molecule is CC(C)(C)OC(=O)Nc1cc(F)c([N+](=O)[O-])cc1Br.CC(C)(C)OC(=O)OC(=O)OC(C)(C)C.Nc1cc(F)c([N+](=O)[O-])cc1Br. The van der Waals surface area contributed by atoms with E-state index >= 15 is 0 Å². The van der Waals surface area contributed by atoms with E-state index in [1.165, 1.54) is 0 Å². The second-order valence-corrected chi connectivity index (χ2v) is 13.5. The maximum atomic E-state index is 13.4. The van der Waals surface area contributed by atoms with Crippen molar-refractivity contribution in [1.82, 2.24) is 0 Å². The number of nitrogen functional groups attached to an aromatic ring is 1. The van der Waals surface area contributed by atoms with Crippen LogP contribution in [0.15, 0.2) is 33.2 Å². The first-order valence-electron chi connectivity index (χ1n) is 12.8. The molecule has 0 spiro atoms. The summed E-state index contributed by atoms with van der Waals surface area (Å²) in [6.45, 7) is 15.1. The highest BCUT2D eigenvalue weighted by atomic mass is 79.9. The van der Waals surface area contributed by atoms with Gasteiger partial charge in [-0.25, -0.2) is 14.4 Å². The molecule has 0 unspecified atom stereocenters. The zero-order valence-electron chi connectivity index (χ0n) is 26.3. The lowest BCUT2D eigenvalue weighted by molar-refractivity contribution is -0.387. The summed E-state index contributed by atoms with van der Waals surface area (Å²) in [5.41, 5.74) is 2.12. The Morgan fingerprint density at radius 1 is 0.717 bits per heavy atom. The molecule has 1 amide bonds. The molecule has 0 aromatic heterocycles. The van der Waals surface area contributed by atoms with E-state index < -0.39 is 68.1 Å². The lowest BCUT2D eigenvalue weighted by atomic mass is 10.2. The third-order valence-electron chi connectivity index (χ3n) is 4.08. The Bertz CT molecular complexity index is 1430. The van der Waals surface area contributed by atoms with E-state index in [0.29, 0.717) is 4.47 Å². The van der Waals surface area contributed by atoms with Gasteiger partial charge in [-0.3, -0.25) is 25.5 Å². The third-order valence-corrected chi connectivity index (χ3v) is 5.42. The van der Waals surface area contributed by atoms with Gasteiger partial charge in [-0.05, 0) is 94.2 Å². The zero-order chi connectivity index (χ0) is 36.4. The number of benzene rings is 2. The summed E-state index contributed by atoms with van der Waals surface area (Å²) in [6, 6.07) is 3.76. The second-order valence-electron chi connectivity index (χ2n) is 11.8. The van der Waals surface area contributed by atoms with Crippen molar-refractivity contribution in [3.8, 4) is 0 Å². The van der Waals surface area contributed by atoms with E-state index in [1.54, 1.807) is 62.3 Å². The Balaban J connectivity index is 0.000000679. The highest BCUT2D eigenvalue weighted by Gasteiger charge is 2.25. The number of hydrogen-bond donors (Lipinski definition) is 2. The molecule has 0 saturated heterocycles. The number of anilines is 2. The fourth-order valence-corrected chi connectivity index (χ4v) is 3.25. The lowest BCUT2D eigenvalue weighted by Crippen LogP contribution is -2.29. The number of nitro benzene ring substituents is 2. The minimum Gasteiger partial charge on any atom is -0.444 e. The van der Waals surface area contributed by atoms with Gasteiger partial charge in [-0.1, -0.05) is 0 Å². The van der Waals surface area contributed by atoms with Crippen molar-refractivity contribution in [2.45, 2.75) is 79.1 Å². The van der Waals surface area contributed by atoms with E-state index in [1.807, 2.05) is 0 Å². The van der Waals surface area contributed by atoms with Crippen LogP contribution in [0.4, 0.5) is 45.9 Å². The number of nitrogens with one attached hydrogen (secondary N) is 1. The van der Waals surface area contributed by atoms with Crippen LogP contribution in [0.3, 0.4) is 0 Å². The molecule has 0 heterocycles. The van der Waals surface area contributed by atoms with Crippen LogP contribution in [-0.4, -0.2) is 45.1 Å². The number of carbonyl (C=O) groups excluding carboxylic acids is 3. The Labute approximate surface area is 279 Å². The lowest BCUT2D eigenvalue weighted by Gasteiger charge is -2.20. The summed E-state index contributed by atoms with van der Waals surface area (Å²) in [6.07, 6.45) is -2.89. The number of halogens is 4. The number of carbonyl (C=O) groups is 3. The van der Waals surface area contributed by atoms with Crippen molar-refractivity contribution >= 4 is 73.0 Å². The zero-order valence-corrected chi connectivity index (χ0v) is 29.5. The number of nitrogens with zero attached hydrogens (tertiary/aromatic N) is 2. The molecule has 0 aliphatic carbocycles. The fraction of sp³-hybridized carbons (Fsp3) is 0.444. The van der Waals surface area contributed by atoms with Gasteiger partial charge in [0.25, 0.3) is 0 Å². The molecule has 0 radical (unpaired) electrons. The van der Waals surface area contributed by atoms with Crippen molar-refractivity contribution in [2.24, 2.45) is 0 Å². The van der Waals surface area contributed by atoms with Crippen LogP contribution in [-0.2, 0) is 18.9 Å². The molecular formula is C27H34Br2F2N4O11. The minimum absolute atomic E-state index is 0.0531. The van der Waals surface area contributed by atoms with Crippen molar-refractivity contribution < 1.29 is 52.0 Å². The monoisotopic (exact) mass is 786 g/mol. The number of hydrogen-bond acceptors (Lipinski definition) is 12. The van der Waals surface area contributed by atoms with E-state index in [9.17, 15) is 43.4 Å². The van der Waals surface area contributed by atoms with Gasteiger partial charge in [0.2, 0.25) is 11.6 Å². The fourth-order valence-electron chi connectivity index (χ4n) is 2.49. The van der Waals surface area contributed by atoms with Gasteiger partial charge in [-0.2, -0.15) is 8.78 Å². The molecule has 0 fully saturated rings. The van der Waals surface area contributed by atoms with Crippen LogP contribution in [0.25, 0.3) is 0 Å². The van der Waals surface area contributed by atoms with Gasteiger partial charge in [0.1, 0.15) is 16.8 Å².